The monoisotopic (exact) mass is 486 g/mol. The molecular formula is C29H30N2O5. The van der Waals surface area contributed by atoms with Gasteiger partial charge >= 0.3 is 11.4 Å². The van der Waals surface area contributed by atoms with Crippen LogP contribution in [0.5, 0.6) is 0 Å². The molecule has 0 saturated heterocycles. The van der Waals surface area contributed by atoms with Crippen molar-refractivity contribution < 1.29 is 13.6 Å². The number of carbonyl (C=O) groups excluding carboxylic acids is 1. The van der Waals surface area contributed by atoms with Crippen LogP contribution in [0, 0.1) is 6.92 Å². The van der Waals surface area contributed by atoms with Gasteiger partial charge in [0.1, 0.15) is 5.76 Å². The topological polar surface area (TPSA) is 105 Å². The van der Waals surface area contributed by atoms with E-state index >= 15 is 0 Å². The fourth-order valence-corrected chi connectivity index (χ4v) is 5.11. The highest BCUT2D eigenvalue weighted by Crippen LogP contribution is 2.46. The highest BCUT2D eigenvalue weighted by atomic mass is 16.4. The Bertz CT molecular complexity index is 1620. The normalized spacial score (nSPS) is 16.0. The highest BCUT2D eigenvalue weighted by Gasteiger charge is 2.37. The largest absolute Gasteiger partial charge is 0.456 e. The van der Waals surface area contributed by atoms with Crippen LogP contribution < -0.4 is 16.7 Å². The van der Waals surface area contributed by atoms with Gasteiger partial charge < -0.3 is 14.2 Å². The van der Waals surface area contributed by atoms with Crippen molar-refractivity contribution in [1.82, 2.24) is 4.98 Å². The smallest absolute Gasteiger partial charge is 0.419 e. The number of anilines is 1. The van der Waals surface area contributed by atoms with Crippen molar-refractivity contribution in [2.45, 2.75) is 64.7 Å². The van der Waals surface area contributed by atoms with Crippen molar-refractivity contribution in [2.24, 2.45) is 0 Å². The van der Waals surface area contributed by atoms with Gasteiger partial charge in [-0.25, -0.2) is 9.59 Å². The third kappa shape index (κ3) is 4.30. The predicted molar refractivity (Wildman–Crippen MR) is 139 cm³/mol. The van der Waals surface area contributed by atoms with Crippen LogP contribution in [0.1, 0.15) is 79.1 Å². The molecule has 7 heteroatoms. The van der Waals surface area contributed by atoms with Crippen molar-refractivity contribution in [3.8, 4) is 0 Å². The molecule has 0 saturated carbocycles. The molecule has 2 N–H and O–H groups in total. The van der Waals surface area contributed by atoms with Gasteiger partial charge in [0, 0.05) is 12.1 Å². The van der Waals surface area contributed by atoms with Crippen molar-refractivity contribution in [3.63, 3.8) is 0 Å². The summed E-state index contributed by atoms with van der Waals surface area (Å²) in [6.07, 6.45) is 2.91. The molecule has 2 heterocycles. The van der Waals surface area contributed by atoms with E-state index in [1.807, 2.05) is 6.07 Å². The van der Waals surface area contributed by atoms with Gasteiger partial charge in [-0.15, -0.1) is 0 Å². The van der Waals surface area contributed by atoms with Crippen LogP contribution >= 0.6 is 0 Å². The van der Waals surface area contributed by atoms with Crippen molar-refractivity contribution in [3.05, 3.63) is 97.2 Å². The molecule has 7 nitrogen and oxygen atoms in total. The Labute approximate surface area is 208 Å². The average Bonchev–Trinajstić information content (AvgIpc) is 3.27. The van der Waals surface area contributed by atoms with Crippen LogP contribution in [0.25, 0.3) is 10.9 Å². The standard InChI is InChI=1S/C29H30N2O5/c1-16-12-21-22(29(4,5)11-10-28(21,2)3)14-17(16)13-19-7-9-24(35-19)25(32)30-18-6-8-23-20(15-18)26(33)36-27(34)31-23/h6-9,12,14-15H,10-11,13H2,1-5H3,(H,30,32)(H,31,34). The van der Waals surface area contributed by atoms with Crippen molar-refractivity contribution in [2.75, 3.05) is 5.32 Å². The number of aromatic nitrogens is 1. The number of hydrogen-bond acceptors (Lipinski definition) is 5. The van der Waals surface area contributed by atoms with Crippen LogP contribution in [0.4, 0.5) is 5.69 Å². The van der Waals surface area contributed by atoms with E-state index < -0.39 is 17.3 Å². The van der Waals surface area contributed by atoms with E-state index in [4.69, 9.17) is 4.42 Å². The highest BCUT2D eigenvalue weighted by molar-refractivity contribution is 6.03. The first-order valence-corrected chi connectivity index (χ1v) is 12.1. The van der Waals surface area contributed by atoms with E-state index in [1.165, 1.54) is 34.7 Å². The van der Waals surface area contributed by atoms with E-state index in [0.29, 0.717) is 23.4 Å². The zero-order valence-corrected chi connectivity index (χ0v) is 21.2. The zero-order chi connectivity index (χ0) is 25.8. The molecule has 0 bridgehead atoms. The molecule has 0 spiro atoms. The van der Waals surface area contributed by atoms with Crippen LogP contribution in [0.3, 0.4) is 0 Å². The minimum Gasteiger partial charge on any atom is -0.456 e. The number of hydrogen-bond donors (Lipinski definition) is 2. The number of fused-ring (bicyclic) bond motifs is 2. The summed E-state index contributed by atoms with van der Waals surface area (Å²) in [7, 11) is 0. The minimum absolute atomic E-state index is 0.117. The SMILES string of the molecule is Cc1cc2c(cc1Cc1ccc(C(=O)Nc3ccc4[nH]c(=O)oc(=O)c4c3)o1)C(C)(C)CCC2(C)C. The fourth-order valence-electron chi connectivity index (χ4n) is 5.11. The summed E-state index contributed by atoms with van der Waals surface area (Å²) in [5.74, 6) is -0.378. The number of rotatable bonds is 4. The zero-order valence-electron chi connectivity index (χ0n) is 21.2. The number of nitrogens with one attached hydrogen (secondary N) is 2. The van der Waals surface area contributed by atoms with Crippen LogP contribution in [-0.2, 0) is 17.3 Å². The molecule has 0 atom stereocenters. The lowest BCUT2D eigenvalue weighted by atomic mass is 9.62. The molecule has 2 aromatic carbocycles. The molecule has 1 aliphatic carbocycles. The lowest BCUT2D eigenvalue weighted by Gasteiger charge is -2.42. The summed E-state index contributed by atoms with van der Waals surface area (Å²) in [6.45, 7) is 11.4. The number of benzene rings is 2. The van der Waals surface area contributed by atoms with Gasteiger partial charge in [0.2, 0.25) is 0 Å². The first-order chi connectivity index (χ1) is 16.9. The molecule has 0 fully saturated rings. The van der Waals surface area contributed by atoms with Gasteiger partial charge in [0.15, 0.2) is 5.76 Å². The van der Waals surface area contributed by atoms with Gasteiger partial charge in [-0.1, -0.05) is 39.8 Å². The molecule has 0 radical (unpaired) electrons. The summed E-state index contributed by atoms with van der Waals surface area (Å²) < 4.78 is 10.5. The summed E-state index contributed by atoms with van der Waals surface area (Å²) in [5, 5.41) is 2.90. The second kappa shape index (κ2) is 8.36. The Kier molecular flexibility index (Phi) is 5.54. The third-order valence-corrected chi connectivity index (χ3v) is 7.48. The molecule has 0 unspecified atom stereocenters. The molecule has 186 valence electrons. The van der Waals surface area contributed by atoms with E-state index in [1.54, 1.807) is 18.2 Å². The summed E-state index contributed by atoms with van der Waals surface area (Å²) in [4.78, 5) is 38.5. The average molecular weight is 487 g/mol. The van der Waals surface area contributed by atoms with Crippen LogP contribution in [0.2, 0.25) is 0 Å². The van der Waals surface area contributed by atoms with Gasteiger partial charge in [-0.05, 0) is 83.2 Å². The Morgan fingerprint density at radius 1 is 0.944 bits per heavy atom. The van der Waals surface area contributed by atoms with Crippen LogP contribution in [-0.4, -0.2) is 10.9 Å². The first-order valence-electron chi connectivity index (χ1n) is 12.1. The Balaban J connectivity index is 1.37. The van der Waals surface area contributed by atoms with E-state index in [2.05, 4.69) is 61.5 Å². The lowest BCUT2D eigenvalue weighted by molar-refractivity contribution is 0.0995. The number of H-pyrrole nitrogens is 1. The Morgan fingerprint density at radius 2 is 1.64 bits per heavy atom. The van der Waals surface area contributed by atoms with E-state index in [-0.39, 0.29) is 22.0 Å². The molecule has 0 aliphatic heterocycles. The molecule has 2 aromatic heterocycles. The molecule has 1 aliphatic rings. The number of amides is 1. The van der Waals surface area contributed by atoms with Gasteiger partial charge in [-0.3, -0.25) is 9.78 Å². The summed E-state index contributed by atoms with van der Waals surface area (Å²) >= 11 is 0. The predicted octanol–water partition coefficient (Wildman–Crippen LogP) is 5.57. The van der Waals surface area contributed by atoms with Crippen LogP contribution in [0.15, 0.2) is 60.9 Å². The summed E-state index contributed by atoms with van der Waals surface area (Å²) in [5.41, 5.74) is 5.46. The maximum absolute atomic E-state index is 12.8. The molecule has 1 amide bonds. The van der Waals surface area contributed by atoms with Crippen molar-refractivity contribution >= 4 is 22.5 Å². The van der Waals surface area contributed by atoms with Crippen molar-refractivity contribution in [1.29, 1.82) is 0 Å². The Morgan fingerprint density at radius 3 is 2.36 bits per heavy atom. The van der Waals surface area contributed by atoms with Gasteiger partial charge in [0.25, 0.3) is 5.91 Å². The molecule has 4 aromatic rings. The first kappa shape index (κ1) is 23.9. The molecule has 5 rings (SSSR count). The maximum Gasteiger partial charge on any atom is 0.419 e. The lowest BCUT2D eigenvalue weighted by Crippen LogP contribution is -2.34. The molecule has 36 heavy (non-hydrogen) atoms. The quantitative estimate of drug-likeness (QED) is 0.392. The molecular weight excluding hydrogens is 456 g/mol. The Hall–Kier alpha value is -3.87. The summed E-state index contributed by atoms with van der Waals surface area (Å²) in [6, 6.07) is 12.7. The second-order valence-corrected chi connectivity index (χ2v) is 11.1. The minimum atomic E-state index is -0.825. The van der Waals surface area contributed by atoms with E-state index in [0.717, 1.165) is 6.42 Å². The number of aryl methyl sites for hydroxylation is 1. The van der Waals surface area contributed by atoms with E-state index in [9.17, 15) is 14.4 Å². The second-order valence-electron chi connectivity index (χ2n) is 11.1. The van der Waals surface area contributed by atoms with Gasteiger partial charge in [-0.2, -0.15) is 0 Å². The van der Waals surface area contributed by atoms with Gasteiger partial charge in [0.05, 0.1) is 10.9 Å². The fraction of sp³-hybridized carbons (Fsp3) is 0.345. The third-order valence-electron chi connectivity index (χ3n) is 7.48. The number of furan rings is 1. The number of aromatic amines is 1. The maximum atomic E-state index is 12.8. The number of carbonyl (C=O) groups is 1.